The molecule has 0 aromatic heterocycles. The quantitative estimate of drug-likeness (QED) is 0.444. The molecule has 0 saturated heterocycles. The zero-order valence-electron chi connectivity index (χ0n) is 3.05. The first-order valence-corrected chi connectivity index (χ1v) is 1.19. The molecule has 0 amide bonds. The van der Waals surface area contributed by atoms with Crippen molar-refractivity contribution >= 4 is 47.9 Å². The second kappa shape index (κ2) is 9.87. The van der Waals surface area contributed by atoms with E-state index < -0.39 is 5.97 Å². The first kappa shape index (κ1) is 15.6. The predicted octanol–water partition coefficient (Wildman–Crippen LogP) is -1.20. The summed E-state index contributed by atoms with van der Waals surface area (Å²) in [5.41, 5.74) is 4.57. The van der Waals surface area contributed by atoms with Crippen LogP contribution in [-0.4, -0.2) is 47.2 Å². The van der Waals surface area contributed by atoms with Gasteiger partial charge in [0.1, 0.15) is 0 Å². The molecule has 0 fully saturated rings. The van der Waals surface area contributed by atoms with Crippen LogP contribution in [0, 0.1) is 0 Å². The average molecular weight is 136 g/mol. The Balaban J connectivity index is -0.0000000800. The molecule has 0 bridgehead atoms. The van der Waals surface area contributed by atoms with E-state index in [1.165, 1.54) is 0 Å². The number of carbonyl (C=O) groups is 1. The third-order valence-corrected chi connectivity index (χ3v) is 0.175. The maximum absolute atomic E-state index is 9.24. The molecule has 0 aliphatic heterocycles. The molecule has 40 valence electrons. The average Bonchev–Trinajstić information content (AvgIpc) is 1.38. The zero-order chi connectivity index (χ0) is 4.28. The van der Waals surface area contributed by atoms with Crippen molar-refractivity contribution in [3.8, 4) is 0 Å². The Bertz CT molecular complexity index is 51.0. The number of carboxylic acids is 1. The second-order valence-electron chi connectivity index (χ2n) is 0.598. The Hall–Kier alpha value is 0.720. The summed E-state index contributed by atoms with van der Waals surface area (Å²) in [4.78, 5) is 9.24. The number of aliphatic carboxylic acids is 1. The van der Waals surface area contributed by atoms with Gasteiger partial charge < -0.3 is 10.8 Å². The normalized spacial score (nSPS) is 5.29. The summed E-state index contributed by atoms with van der Waals surface area (Å²) in [5.74, 6) is -0.968. The van der Waals surface area contributed by atoms with Crippen LogP contribution in [0.2, 0.25) is 0 Å². The van der Waals surface area contributed by atoms with Crippen LogP contribution in [0.1, 0.15) is 0 Å². The first-order valence-electron chi connectivity index (χ1n) is 1.19. The van der Waals surface area contributed by atoms with Crippen LogP contribution < -0.4 is 5.73 Å². The Morgan fingerprint density at radius 1 is 1.71 bits per heavy atom. The summed E-state index contributed by atoms with van der Waals surface area (Å²) in [6, 6.07) is 0. The van der Waals surface area contributed by atoms with E-state index in [1.54, 1.807) is 0 Å². The van der Waals surface area contributed by atoms with Crippen molar-refractivity contribution in [2.24, 2.45) is 5.73 Å². The van der Waals surface area contributed by atoms with Crippen LogP contribution in [0.25, 0.3) is 0 Å². The molecule has 0 rings (SSSR count). The van der Waals surface area contributed by atoms with Crippen LogP contribution in [0.4, 0.5) is 0 Å². The van der Waals surface area contributed by atoms with Crippen LogP contribution in [0.15, 0.2) is 0 Å². The van der Waals surface area contributed by atoms with E-state index in [0.717, 1.165) is 0 Å². The van der Waals surface area contributed by atoms with Crippen molar-refractivity contribution in [3.05, 3.63) is 0 Å². The Morgan fingerprint density at radius 3 is 1.86 bits per heavy atom. The van der Waals surface area contributed by atoms with E-state index in [1.807, 2.05) is 0 Å². The van der Waals surface area contributed by atoms with Gasteiger partial charge >= 0.3 is 35.5 Å². The van der Waals surface area contributed by atoms with Crippen molar-refractivity contribution < 1.29 is 9.90 Å². The molecule has 0 aromatic rings. The predicted molar refractivity (Wildman–Crippen MR) is 31.1 cm³/mol. The van der Waals surface area contributed by atoms with Gasteiger partial charge in [0.25, 0.3) is 0 Å². The van der Waals surface area contributed by atoms with Crippen LogP contribution in [0.3, 0.4) is 0 Å². The van der Waals surface area contributed by atoms with Gasteiger partial charge in [-0.25, -0.2) is 0 Å². The van der Waals surface area contributed by atoms with Gasteiger partial charge in [-0.3, -0.25) is 4.79 Å². The van der Waals surface area contributed by atoms with Crippen molar-refractivity contribution in [3.63, 3.8) is 0 Å². The third-order valence-electron chi connectivity index (χ3n) is 0.175. The number of hydrogen-bond acceptors (Lipinski definition) is 2. The van der Waals surface area contributed by atoms with Gasteiger partial charge in [0.2, 0.25) is 0 Å². The minimum absolute atomic E-state index is 0. The number of rotatable bonds is 1. The van der Waals surface area contributed by atoms with E-state index in [2.05, 4.69) is 5.73 Å². The molecule has 0 aromatic carbocycles. The summed E-state index contributed by atoms with van der Waals surface area (Å²) in [6.45, 7) is -0.278. The number of carboxylic acid groups (broad SMARTS) is 1. The maximum atomic E-state index is 9.24. The van der Waals surface area contributed by atoms with Crippen molar-refractivity contribution in [1.82, 2.24) is 0 Å². The molecule has 0 heterocycles. The van der Waals surface area contributed by atoms with Gasteiger partial charge in [0.15, 0.2) is 0 Å². The van der Waals surface area contributed by atoms with Crippen LogP contribution >= 0.6 is 12.4 Å². The standard InChI is InChI=1S/C2H5NO2.ClH.Na.H/c3-1-2(4)5;;;/h1,3H2,(H,4,5);1H;;. The van der Waals surface area contributed by atoms with Crippen LogP contribution in [-0.2, 0) is 4.79 Å². The van der Waals surface area contributed by atoms with E-state index in [4.69, 9.17) is 5.11 Å². The first-order chi connectivity index (χ1) is 2.27. The van der Waals surface area contributed by atoms with Crippen molar-refractivity contribution in [2.75, 3.05) is 6.54 Å². The molecule has 7 heavy (non-hydrogen) atoms. The molecule has 0 radical (unpaired) electrons. The summed E-state index contributed by atoms with van der Waals surface area (Å²) in [5, 5.41) is 7.60. The molecule has 3 N–H and O–H groups in total. The van der Waals surface area contributed by atoms with Gasteiger partial charge in [0.05, 0.1) is 6.54 Å². The molecule has 0 unspecified atom stereocenters. The molecule has 0 spiro atoms. The van der Waals surface area contributed by atoms with Gasteiger partial charge in [-0.15, -0.1) is 12.4 Å². The second-order valence-corrected chi connectivity index (χ2v) is 0.598. The van der Waals surface area contributed by atoms with Crippen molar-refractivity contribution in [2.45, 2.75) is 0 Å². The van der Waals surface area contributed by atoms with E-state index >= 15 is 0 Å². The molecular formula is C2H7ClNNaO2. The van der Waals surface area contributed by atoms with Gasteiger partial charge in [-0.1, -0.05) is 0 Å². The number of halogens is 1. The van der Waals surface area contributed by atoms with Gasteiger partial charge in [-0.2, -0.15) is 0 Å². The zero-order valence-corrected chi connectivity index (χ0v) is 3.86. The van der Waals surface area contributed by atoms with E-state index in [-0.39, 0.29) is 48.5 Å². The number of nitrogens with two attached hydrogens (primary N) is 1. The topological polar surface area (TPSA) is 63.3 Å². The Morgan fingerprint density at radius 2 is 1.86 bits per heavy atom. The summed E-state index contributed by atoms with van der Waals surface area (Å²) in [6.07, 6.45) is 0. The Kier molecular flexibility index (Phi) is 22.1. The SMILES string of the molecule is Cl.NCC(=O)O.[NaH]. The summed E-state index contributed by atoms with van der Waals surface area (Å²) in [7, 11) is 0. The fourth-order valence-corrected chi connectivity index (χ4v) is 0. The molecule has 0 saturated carbocycles. The molecule has 0 aliphatic carbocycles. The van der Waals surface area contributed by atoms with Crippen molar-refractivity contribution in [1.29, 1.82) is 0 Å². The van der Waals surface area contributed by atoms with Crippen LogP contribution in [0.5, 0.6) is 0 Å². The minimum atomic E-state index is -0.968. The third kappa shape index (κ3) is 20.2. The Labute approximate surface area is 70.0 Å². The number of hydrogen-bond donors (Lipinski definition) is 2. The van der Waals surface area contributed by atoms with Gasteiger partial charge in [0, 0.05) is 0 Å². The monoisotopic (exact) mass is 135 g/mol. The molecule has 0 atom stereocenters. The fourth-order valence-electron chi connectivity index (χ4n) is 0. The molecule has 5 heteroatoms. The summed E-state index contributed by atoms with van der Waals surface area (Å²) < 4.78 is 0. The summed E-state index contributed by atoms with van der Waals surface area (Å²) >= 11 is 0. The van der Waals surface area contributed by atoms with E-state index in [0.29, 0.717) is 0 Å². The van der Waals surface area contributed by atoms with E-state index in [9.17, 15) is 4.79 Å². The molecule has 3 nitrogen and oxygen atoms in total. The fraction of sp³-hybridized carbons (Fsp3) is 0.500. The molecule has 0 aliphatic rings. The van der Waals surface area contributed by atoms with Gasteiger partial charge in [-0.05, 0) is 0 Å². The molecular weight excluding hydrogens is 128 g/mol.